The zero-order valence-corrected chi connectivity index (χ0v) is 20.3. The average molecular weight is 484 g/mol. The monoisotopic (exact) mass is 483 g/mol. The molecule has 3 heterocycles. The standard InChI is InChI=1S/C25H30ClN5O3/c1-15(24(32)30(2)3)17-12-19(13-17)34-25-27-21-14-20(26)22(28-23(21)29-25)16-4-6-18(7-5-16)31-8-10-33-11-9-31/h4-7,14,17,19,24,32H,1,8-13H2,2-3H3,(H,27,28,29)/t17-,19+,24-/m0/s1. The molecule has 0 unspecified atom stereocenters. The molecule has 2 aliphatic rings. The highest BCUT2D eigenvalue weighted by Gasteiger charge is 2.36. The first-order chi connectivity index (χ1) is 16.4. The highest BCUT2D eigenvalue weighted by molar-refractivity contribution is 6.33. The first-order valence-corrected chi connectivity index (χ1v) is 12.0. The molecule has 5 rings (SSSR count). The summed E-state index contributed by atoms with van der Waals surface area (Å²) in [4.78, 5) is 16.5. The van der Waals surface area contributed by atoms with Crippen LogP contribution in [0.3, 0.4) is 0 Å². The number of aromatic amines is 1. The molecule has 2 aromatic heterocycles. The minimum Gasteiger partial charge on any atom is -0.461 e. The summed E-state index contributed by atoms with van der Waals surface area (Å²) in [6.07, 6.45) is 0.995. The molecule has 0 amide bonds. The predicted octanol–water partition coefficient (Wildman–Crippen LogP) is 3.71. The Kier molecular flexibility index (Phi) is 6.48. The molecule has 8 nitrogen and oxygen atoms in total. The molecule has 1 aliphatic carbocycles. The second-order valence-electron chi connectivity index (χ2n) is 9.20. The molecule has 0 radical (unpaired) electrons. The highest BCUT2D eigenvalue weighted by Crippen LogP contribution is 2.37. The lowest BCUT2D eigenvalue weighted by Crippen LogP contribution is -2.40. The minimum absolute atomic E-state index is 0.0272. The Morgan fingerprint density at radius 1 is 1.24 bits per heavy atom. The van der Waals surface area contributed by atoms with Crippen molar-refractivity contribution in [1.82, 2.24) is 19.9 Å². The normalized spacial score (nSPS) is 21.5. The van der Waals surface area contributed by atoms with Crippen molar-refractivity contribution in [3.8, 4) is 17.3 Å². The van der Waals surface area contributed by atoms with Crippen LogP contribution in [0.4, 0.5) is 5.69 Å². The van der Waals surface area contributed by atoms with Crippen LogP contribution in [0.5, 0.6) is 6.01 Å². The van der Waals surface area contributed by atoms with Crippen LogP contribution < -0.4 is 9.64 Å². The largest absolute Gasteiger partial charge is 0.461 e. The number of benzene rings is 1. The molecule has 1 atom stereocenters. The van der Waals surface area contributed by atoms with Gasteiger partial charge in [0.15, 0.2) is 5.65 Å². The number of aliphatic hydroxyl groups is 1. The summed E-state index contributed by atoms with van der Waals surface area (Å²) >= 11 is 6.57. The number of morpholine rings is 1. The number of halogens is 1. The van der Waals surface area contributed by atoms with Crippen molar-refractivity contribution in [3.63, 3.8) is 0 Å². The number of likely N-dealkylation sites (N-methyl/N-ethyl adjacent to an activating group) is 1. The molecule has 1 aromatic carbocycles. The van der Waals surface area contributed by atoms with E-state index in [0.29, 0.717) is 22.4 Å². The minimum atomic E-state index is -0.634. The third-order valence-electron chi connectivity index (χ3n) is 6.64. The van der Waals surface area contributed by atoms with Gasteiger partial charge in [0.2, 0.25) is 0 Å². The number of pyridine rings is 1. The van der Waals surface area contributed by atoms with Gasteiger partial charge < -0.3 is 24.5 Å². The molecule has 0 spiro atoms. The average Bonchev–Trinajstić information content (AvgIpc) is 3.21. The molecular formula is C25H30ClN5O3. The van der Waals surface area contributed by atoms with E-state index in [1.54, 1.807) is 4.90 Å². The van der Waals surface area contributed by atoms with E-state index in [-0.39, 0.29) is 12.0 Å². The van der Waals surface area contributed by atoms with E-state index in [1.807, 2.05) is 32.3 Å². The number of nitrogens with zero attached hydrogens (tertiary/aromatic N) is 4. The van der Waals surface area contributed by atoms with Crippen molar-refractivity contribution in [2.75, 3.05) is 45.3 Å². The summed E-state index contributed by atoms with van der Waals surface area (Å²) in [5, 5.41) is 10.7. The number of aromatic nitrogens is 3. The fourth-order valence-corrected chi connectivity index (χ4v) is 4.73. The van der Waals surface area contributed by atoms with Crippen LogP contribution in [0.15, 0.2) is 42.5 Å². The summed E-state index contributed by atoms with van der Waals surface area (Å²) in [7, 11) is 3.67. The molecule has 1 aliphatic heterocycles. The lowest BCUT2D eigenvalue weighted by Gasteiger charge is -2.38. The number of anilines is 1. The van der Waals surface area contributed by atoms with Gasteiger partial charge in [-0.2, -0.15) is 4.98 Å². The summed E-state index contributed by atoms with van der Waals surface area (Å²) < 4.78 is 11.5. The Bertz CT molecular complexity index is 1170. The summed E-state index contributed by atoms with van der Waals surface area (Å²) in [5.74, 6) is 0.242. The molecule has 2 fully saturated rings. The fourth-order valence-electron chi connectivity index (χ4n) is 4.47. The number of hydrogen-bond donors (Lipinski definition) is 2. The van der Waals surface area contributed by atoms with Crippen LogP contribution >= 0.6 is 11.6 Å². The SMILES string of the molecule is C=C([C@H]1C[C@@H](Oc2nc3nc(-c4ccc(N5CCOCC5)cc4)c(Cl)cc3[nH]2)C1)[C@H](O)N(C)C. The van der Waals surface area contributed by atoms with E-state index >= 15 is 0 Å². The second kappa shape index (κ2) is 9.54. The van der Waals surface area contributed by atoms with Crippen LogP contribution in [-0.4, -0.2) is 77.7 Å². The maximum Gasteiger partial charge on any atom is 0.296 e. The van der Waals surface area contributed by atoms with Gasteiger partial charge in [-0.15, -0.1) is 0 Å². The Balaban J connectivity index is 1.27. The van der Waals surface area contributed by atoms with Crippen LogP contribution in [-0.2, 0) is 4.74 Å². The first-order valence-electron chi connectivity index (χ1n) is 11.6. The topological polar surface area (TPSA) is 86.7 Å². The van der Waals surface area contributed by atoms with Gasteiger partial charge >= 0.3 is 0 Å². The van der Waals surface area contributed by atoms with E-state index in [0.717, 1.165) is 55.8 Å². The van der Waals surface area contributed by atoms with E-state index in [2.05, 4.69) is 33.6 Å². The van der Waals surface area contributed by atoms with Crippen molar-refractivity contribution in [3.05, 3.63) is 47.5 Å². The Morgan fingerprint density at radius 3 is 2.62 bits per heavy atom. The van der Waals surface area contributed by atoms with Gasteiger partial charge in [-0.3, -0.25) is 4.90 Å². The Morgan fingerprint density at radius 2 is 1.94 bits per heavy atom. The van der Waals surface area contributed by atoms with Crippen LogP contribution in [0.2, 0.25) is 5.02 Å². The molecule has 180 valence electrons. The van der Waals surface area contributed by atoms with Crippen molar-refractivity contribution in [2.45, 2.75) is 25.2 Å². The van der Waals surface area contributed by atoms with E-state index in [9.17, 15) is 5.11 Å². The summed E-state index contributed by atoms with van der Waals surface area (Å²) in [6, 6.07) is 10.5. The molecule has 2 N–H and O–H groups in total. The molecule has 9 heteroatoms. The van der Waals surface area contributed by atoms with Gasteiger partial charge in [0, 0.05) is 24.3 Å². The molecule has 1 saturated carbocycles. The molecule has 1 saturated heterocycles. The van der Waals surface area contributed by atoms with Crippen molar-refractivity contribution in [1.29, 1.82) is 0 Å². The number of aliphatic hydroxyl groups excluding tert-OH is 1. The number of rotatable bonds is 7. The van der Waals surface area contributed by atoms with Gasteiger partial charge in [-0.1, -0.05) is 30.3 Å². The van der Waals surface area contributed by atoms with Crippen molar-refractivity contribution < 1.29 is 14.6 Å². The number of imidazole rings is 1. The van der Waals surface area contributed by atoms with E-state index in [1.165, 1.54) is 5.69 Å². The fraction of sp³-hybridized carbons (Fsp3) is 0.440. The smallest absolute Gasteiger partial charge is 0.296 e. The number of nitrogens with one attached hydrogen (secondary N) is 1. The third-order valence-corrected chi connectivity index (χ3v) is 6.93. The summed E-state index contributed by atoms with van der Waals surface area (Å²) in [5.41, 5.74) is 4.92. The molecular weight excluding hydrogens is 454 g/mol. The van der Waals surface area contributed by atoms with Gasteiger partial charge in [-0.25, -0.2) is 4.98 Å². The maximum absolute atomic E-state index is 10.2. The molecule has 3 aromatic rings. The Labute approximate surface area is 204 Å². The number of H-pyrrole nitrogens is 1. The van der Waals surface area contributed by atoms with Gasteiger partial charge in [0.1, 0.15) is 12.3 Å². The van der Waals surface area contributed by atoms with Gasteiger partial charge in [0.05, 0.1) is 29.4 Å². The van der Waals surface area contributed by atoms with E-state index in [4.69, 9.17) is 26.1 Å². The number of ether oxygens (including phenoxy) is 2. The molecule has 0 bridgehead atoms. The van der Waals surface area contributed by atoms with Crippen LogP contribution in [0, 0.1) is 5.92 Å². The van der Waals surface area contributed by atoms with Gasteiger partial charge in [-0.05, 0) is 56.6 Å². The first kappa shape index (κ1) is 23.1. The van der Waals surface area contributed by atoms with Crippen LogP contribution in [0.1, 0.15) is 12.8 Å². The van der Waals surface area contributed by atoms with Crippen molar-refractivity contribution in [2.24, 2.45) is 5.92 Å². The Hall–Kier alpha value is -2.65. The number of hydrogen-bond acceptors (Lipinski definition) is 7. The van der Waals surface area contributed by atoms with E-state index < -0.39 is 6.23 Å². The third kappa shape index (κ3) is 4.63. The predicted molar refractivity (Wildman–Crippen MR) is 133 cm³/mol. The quantitative estimate of drug-likeness (QED) is 0.391. The van der Waals surface area contributed by atoms with Gasteiger partial charge in [0.25, 0.3) is 6.01 Å². The molecule has 34 heavy (non-hydrogen) atoms. The lowest BCUT2D eigenvalue weighted by molar-refractivity contribution is 0.0261. The highest BCUT2D eigenvalue weighted by atomic mass is 35.5. The van der Waals surface area contributed by atoms with Crippen molar-refractivity contribution >= 4 is 28.5 Å². The zero-order valence-electron chi connectivity index (χ0n) is 19.5. The lowest BCUT2D eigenvalue weighted by atomic mass is 9.77. The second-order valence-corrected chi connectivity index (χ2v) is 9.61. The summed E-state index contributed by atoms with van der Waals surface area (Å²) in [6.45, 7) is 7.35. The zero-order chi connectivity index (χ0) is 23.8. The van der Waals surface area contributed by atoms with Crippen LogP contribution in [0.25, 0.3) is 22.4 Å². The maximum atomic E-state index is 10.2. The number of fused-ring (bicyclic) bond motifs is 1.